The Morgan fingerprint density at radius 2 is 1.74 bits per heavy atom. The molecule has 1 saturated heterocycles. The molecule has 6 heteroatoms. The number of hydrogen-bond acceptors (Lipinski definition) is 3. The lowest BCUT2D eigenvalue weighted by Gasteiger charge is -2.30. The number of amides is 1. The van der Waals surface area contributed by atoms with Crippen LogP contribution in [0.3, 0.4) is 0 Å². The molecule has 0 radical (unpaired) electrons. The fraction of sp³-hybridized carbons (Fsp3) is 0.667. The van der Waals surface area contributed by atoms with Gasteiger partial charge in [0.2, 0.25) is 15.9 Å². The Balaban J connectivity index is 1.68. The van der Waals surface area contributed by atoms with E-state index in [-0.39, 0.29) is 11.9 Å². The van der Waals surface area contributed by atoms with Crippen molar-refractivity contribution in [3.8, 4) is 0 Å². The molecule has 1 saturated carbocycles. The van der Waals surface area contributed by atoms with Crippen LogP contribution >= 0.6 is 0 Å². The first-order valence-corrected chi connectivity index (χ1v) is 11.7. The maximum Gasteiger partial charge on any atom is 0.243 e. The molecule has 1 aliphatic heterocycles. The number of hydrogen-bond donors (Lipinski definition) is 0. The summed E-state index contributed by atoms with van der Waals surface area (Å²) in [6.07, 6.45) is 9.71. The van der Waals surface area contributed by atoms with Crippen molar-refractivity contribution in [3.05, 3.63) is 24.3 Å². The monoisotopic (exact) mass is 392 g/mol. The predicted octanol–water partition coefficient (Wildman–Crippen LogP) is 4.18. The molecule has 27 heavy (non-hydrogen) atoms. The summed E-state index contributed by atoms with van der Waals surface area (Å²) in [6, 6.07) is 6.78. The molecule has 1 unspecified atom stereocenters. The van der Waals surface area contributed by atoms with Crippen LogP contribution in [0.1, 0.15) is 64.7 Å². The van der Waals surface area contributed by atoms with Crippen molar-refractivity contribution in [3.63, 3.8) is 0 Å². The molecule has 0 spiro atoms. The summed E-state index contributed by atoms with van der Waals surface area (Å²) in [5.74, 6) is 0.758. The zero-order valence-corrected chi connectivity index (χ0v) is 17.4. The highest BCUT2D eigenvalue weighted by Crippen LogP contribution is 2.30. The topological polar surface area (TPSA) is 57.7 Å². The van der Waals surface area contributed by atoms with Gasteiger partial charge in [-0.1, -0.05) is 32.1 Å². The number of carbonyl (C=O) groups excluding carboxylic acids is 1. The Hall–Kier alpha value is -1.40. The molecule has 1 amide bonds. The van der Waals surface area contributed by atoms with E-state index in [0.29, 0.717) is 23.8 Å². The van der Waals surface area contributed by atoms with Crippen LogP contribution in [0, 0.1) is 5.92 Å². The van der Waals surface area contributed by atoms with E-state index >= 15 is 0 Å². The van der Waals surface area contributed by atoms with Gasteiger partial charge in [0.15, 0.2) is 0 Å². The minimum absolute atomic E-state index is 0.0125. The van der Waals surface area contributed by atoms with Gasteiger partial charge in [-0.2, -0.15) is 4.31 Å². The number of benzene rings is 1. The van der Waals surface area contributed by atoms with E-state index in [1.807, 2.05) is 6.92 Å². The number of anilines is 1. The van der Waals surface area contributed by atoms with Crippen molar-refractivity contribution in [2.45, 2.75) is 75.6 Å². The van der Waals surface area contributed by atoms with Crippen LogP contribution in [-0.4, -0.2) is 38.3 Å². The average Bonchev–Trinajstić information content (AvgIpc) is 2.68. The van der Waals surface area contributed by atoms with Crippen LogP contribution in [0.15, 0.2) is 29.2 Å². The highest BCUT2D eigenvalue weighted by Gasteiger charge is 2.28. The van der Waals surface area contributed by atoms with E-state index < -0.39 is 10.0 Å². The van der Waals surface area contributed by atoms with Gasteiger partial charge in [0.25, 0.3) is 0 Å². The van der Waals surface area contributed by atoms with Crippen LogP contribution in [-0.2, 0) is 14.8 Å². The van der Waals surface area contributed by atoms with Crippen LogP contribution in [0.2, 0.25) is 0 Å². The standard InChI is InChI=1S/C21H32N2O3S/c1-17(16-18-8-4-3-5-9-18)22(2)27(25,26)20-13-11-19(12-14-20)23-15-7-6-10-21(23)24/h11-14,17-18H,3-10,15-16H2,1-2H3. The van der Waals surface area contributed by atoms with Crippen LogP contribution < -0.4 is 4.90 Å². The molecule has 1 aliphatic carbocycles. The Morgan fingerprint density at radius 3 is 2.37 bits per heavy atom. The van der Waals surface area contributed by atoms with E-state index in [9.17, 15) is 13.2 Å². The maximum atomic E-state index is 13.0. The fourth-order valence-corrected chi connectivity index (χ4v) is 5.71. The summed E-state index contributed by atoms with van der Waals surface area (Å²) >= 11 is 0. The maximum absolute atomic E-state index is 13.0. The van der Waals surface area contributed by atoms with Gasteiger partial charge in [0.05, 0.1) is 4.90 Å². The molecule has 150 valence electrons. The number of rotatable bonds is 6. The molecule has 2 aliphatic rings. The van der Waals surface area contributed by atoms with Crippen LogP contribution in [0.25, 0.3) is 0 Å². The van der Waals surface area contributed by atoms with Crippen molar-refractivity contribution >= 4 is 21.6 Å². The molecular weight excluding hydrogens is 360 g/mol. The van der Waals surface area contributed by atoms with Crippen molar-refractivity contribution in [1.82, 2.24) is 4.31 Å². The number of sulfonamides is 1. The molecule has 1 heterocycles. The Kier molecular flexibility index (Phi) is 6.58. The second kappa shape index (κ2) is 8.74. The molecule has 1 aromatic rings. The SMILES string of the molecule is CC(CC1CCCCC1)N(C)S(=O)(=O)c1ccc(N2CCCCC2=O)cc1. The highest BCUT2D eigenvalue weighted by atomic mass is 32.2. The van der Waals surface area contributed by atoms with E-state index in [1.54, 1.807) is 36.2 Å². The van der Waals surface area contributed by atoms with E-state index in [1.165, 1.54) is 36.4 Å². The molecule has 0 N–H and O–H groups in total. The normalized spacial score (nSPS) is 20.9. The Morgan fingerprint density at radius 1 is 1.07 bits per heavy atom. The predicted molar refractivity (Wildman–Crippen MR) is 108 cm³/mol. The summed E-state index contributed by atoms with van der Waals surface area (Å²) in [7, 11) is -1.83. The van der Waals surface area contributed by atoms with Gasteiger partial charge >= 0.3 is 0 Å². The summed E-state index contributed by atoms with van der Waals surface area (Å²) in [5.41, 5.74) is 0.788. The quantitative estimate of drug-likeness (QED) is 0.730. The lowest BCUT2D eigenvalue weighted by molar-refractivity contribution is -0.119. The van der Waals surface area contributed by atoms with Gasteiger partial charge in [0, 0.05) is 31.7 Å². The third kappa shape index (κ3) is 4.72. The largest absolute Gasteiger partial charge is 0.312 e. The van der Waals surface area contributed by atoms with Gasteiger partial charge in [-0.15, -0.1) is 0 Å². The van der Waals surface area contributed by atoms with E-state index in [4.69, 9.17) is 0 Å². The van der Waals surface area contributed by atoms with Gasteiger partial charge in [-0.3, -0.25) is 4.79 Å². The molecular formula is C21H32N2O3S. The minimum Gasteiger partial charge on any atom is -0.312 e. The van der Waals surface area contributed by atoms with Gasteiger partial charge in [-0.05, 0) is 56.4 Å². The summed E-state index contributed by atoms with van der Waals surface area (Å²) < 4.78 is 27.5. The molecule has 5 nitrogen and oxygen atoms in total. The number of piperidine rings is 1. The van der Waals surface area contributed by atoms with E-state index in [2.05, 4.69) is 0 Å². The van der Waals surface area contributed by atoms with Crippen LogP contribution in [0.5, 0.6) is 0 Å². The third-order valence-corrected chi connectivity index (χ3v) is 8.15. The van der Waals surface area contributed by atoms with Crippen LogP contribution in [0.4, 0.5) is 5.69 Å². The van der Waals surface area contributed by atoms with Crippen molar-refractivity contribution in [1.29, 1.82) is 0 Å². The van der Waals surface area contributed by atoms with Crippen molar-refractivity contribution < 1.29 is 13.2 Å². The minimum atomic E-state index is -3.52. The smallest absolute Gasteiger partial charge is 0.243 e. The first-order chi connectivity index (χ1) is 12.9. The van der Waals surface area contributed by atoms with Gasteiger partial charge < -0.3 is 4.90 Å². The van der Waals surface area contributed by atoms with Crippen molar-refractivity contribution in [2.24, 2.45) is 5.92 Å². The number of nitrogens with zero attached hydrogens (tertiary/aromatic N) is 2. The zero-order valence-electron chi connectivity index (χ0n) is 16.6. The summed E-state index contributed by atoms with van der Waals surface area (Å²) in [5, 5.41) is 0. The number of carbonyl (C=O) groups is 1. The van der Waals surface area contributed by atoms with E-state index in [0.717, 1.165) is 24.9 Å². The lowest BCUT2D eigenvalue weighted by Crippen LogP contribution is -2.37. The third-order valence-electron chi connectivity index (χ3n) is 6.17. The first kappa shape index (κ1) is 20.3. The highest BCUT2D eigenvalue weighted by molar-refractivity contribution is 7.89. The lowest BCUT2D eigenvalue weighted by atomic mass is 9.85. The molecule has 1 atom stereocenters. The average molecular weight is 393 g/mol. The molecule has 0 bridgehead atoms. The molecule has 2 fully saturated rings. The molecule has 0 aromatic heterocycles. The zero-order chi connectivity index (χ0) is 19.4. The second-order valence-electron chi connectivity index (χ2n) is 8.11. The van der Waals surface area contributed by atoms with Gasteiger partial charge in [0.1, 0.15) is 0 Å². The van der Waals surface area contributed by atoms with Crippen molar-refractivity contribution in [2.75, 3.05) is 18.5 Å². The Labute approximate surface area is 163 Å². The van der Waals surface area contributed by atoms with Gasteiger partial charge in [-0.25, -0.2) is 8.42 Å². The Bertz CT molecular complexity index is 739. The molecule has 3 rings (SSSR count). The summed E-state index contributed by atoms with van der Waals surface area (Å²) in [6.45, 7) is 2.72. The fourth-order valence-electron chi connectivity index (χ4n) is 4.33. The first-order valence-electron chi connectivity index (χ1n) is 10.3. The molecule has 1 aromatic carbocycles. The summed E-state index contributed by atoms with van der Waals surface area (Å²) in [4.78, 5) is 14.1. The second-order valence-corrected chi connectivity index (χ2v) is 10.1.